The quantitative estimate of drug-likeness (QED) is 0.818. The molecular weight excluding hydrogens is 193 g/mol. The number of halogens is 3. The van der Waals surface area contributed by atoms with Crippen LogP contribution < -0.4 is 5.73 Å². The number of nitrogens with zero attached hydrogens (tertiary/aromatic N) is 1. The van der Waals surface area contributed by atoms with Crippen LogP contribution in [0.25, 0.3) is 0 Å². The van der Waals surface area contributed by atoms with Gasteiger partial charge >= 0.3 is 6.18 Å². The maximum Gasteiger partial charge on any atom is 0.389 e. The lowest BCUT2D eigenvalue weighted by atomic mass is 10.1. The van der Waals surface area contributed by atoms with Gasteiger partial charge in [0.1, 0.15) is 0 Å². The molecule has 1 aromatic rings. The Labute approximate surface area is 79.9 Å². The van der Waals surface area contributed by atoms with Gasteiger partial charge in [-0.1, -0.05) is 0 Å². The van der Waals surface area contributed by atoms with Crippen molar-refractivity contribution >= 4 is 0 Å². The fraction of sp³-hybridized carbons (Fsp3) is 0.444. The van der Waals surface area contributed by atoms with Crippen LogP contribution >= 0.6 is 0 Å². The summed E-state index contributed by atoms with van der Waals surface area (Å²) in [5.74, 6) is 0. The lowest BCUT2D eigenvalue weighted by Gasteiger charge is -2.06. The Morgan fingerprint density at radius 3 is 2.64 bits per heavy atom. The minimum absolute atomic E-state index is 0.0860. The molecule has 0 bridgehead atoms. The highest BCUT2D eigenvalue weighted by Gasteiger charge is 2.26. The van der Waals surface area contributed by atoms with E-state index in [0.29, 0.717) is 12.2 Å². The average Bonchev–Trinajstić information content (AvgIpc) is 2.14. The fourth-order valence-electron chi connectivity index (χ4n) is 1.06. The minimum atomic E-state index is -4.12. The smallest absolute Gasteiger partial charge is 0.326 e. The van der Waals surface area contributed by atoms with Crippen molar-refractivity contribution in [2.45, 2.75) is 25.6 Å². The SMILES string of the molecule is NCc1ccnc(CCC(F)(F)F)c1. The standard InChI is InChI=1S/C9H11F3N2/c10-9(11,12)3-1-8-5-7(6-13)2-4-14-8/h2,4-5H,1,3,6,13H2. The van der Waals surface area contributed by atoms with E-state index in [1.165, 1.54) is 6.20 Å². The van der Waals surface area contributed by atoms with Gasteiger partial charge in [-0.25, -0.2) is 0 Å². The highest BCUT2D eigenvalue weighted by molar-refractivity contribution is 5.16. The molecule has 0 saturated carbocycles. The lowest BCUT2D eigenvalue weighted by Crippen LogP contribution is -2.09. The van der Waals surface area contributed by atoms with E-state index in [-0.39, 0.29) is 6.42 Å². The molecule has 0 radical (unpaired) electrons. The predicted molar refractivity (Wildman–Crippen MR) is 46.5 cm³/mol. The molecule has 0 aliphatic rings. The maximum atomic E-state index is 11.9. The predicted octanol–water partition coefficient (Wildman–Crippen LogP) is 2.04. The first-order valence-electron chi connectivity index (χ1n) is 4.22. The highest BCUT2D eigenvalue weighted by atomic mass is 19.4. The van der Waals surface area contributed by atoms with E-state index in [9.17, 15) is 13.2 Å². The highest BCUT2D eigenvalue weighted by Crippen LogP contribution is 2.21. The Hall–Kier alpha value is -1.10. The van der Waals surface area contributed by atoms with Gasteiger partial charge in [0.15, 0.2) is 0 Å². The zero-order valence-corrected chi connectivity index (χ0v) is 7.51. The van der Waals surface area contributed by atoms with Crippen molar-refractivity contribution in [3.63, 3.8) is 0 Å². The second-order valence-corrected chi connectivity index (χ2v) is 2.97. The first-order chi connectivity index (χ1) is 6.51. The van der Waals surface area contributed by atoms with Crippen LogP contribution in [0.1, 0.15) is 17.7 Å². The summed E-state index contributed by atoms with van der Waals surface area (Å²) in [7, 11) is 0. The Balaban J connectivity index is 2.59. The van der Waals surface area contributed by atoms with Crippen LogP contribution in [0.3, 0.4) is 0 Å². The Kier molecular flexibility index (Phi) is 3.46. The molecule has 2 nitrogen and oxygen atoms in total. The van der Waals surface area contributed by atoms with Crippen LogP contribution in [0, 0.1) is 0 Å². The number of hydrogen-bond donors (Lipinski definition) is 1. The largest absolute Gasteiger partial charge is 0.389 e. The van der Waals surface area contributed by atoms with E-state index in [1.807, 2.05) is 0 Å². The number of hydrogen-bond acceptors (Lipinski definition) is 2. The summed E-state index contributed by atoms with van der Waals surface area (Å²) in [5, 5.41) is 0. The number of rotatable bonds is 3. The minimum Gasteiger partial charge on any atom is -0.326 e. The first kappa shape index (κ1) is 11.0. The Morgan fingerprint density at radius 1 is 1.36 bits per heavy atom. The summed E-state index contributed by atoms with van der Waals surface area (Å²) in [5.41, 5.74) is 6.59. The fourth-order valence-corrected chi connectivity index (χ4v) is 1.06. The van der Waals surface area contributed by atoms with Gasteiger partial charge < -0.3 is 5.73 Å². The molecule has 0 aromatic carbocycles. The normalized spacial score (nSPS) is 11.7. The number of pyridine rings is 1. The third kappa shape index (κ3) is 3.74. The summed E-state index contributed by atoms with van der Waals surface area (Å²) in [6.45, 7) is 0.321. The van der Waals surface area contributed by atoms with Crippen LogP contribution in [0.4, 0.5) is 13.2 Å². The van der Waals surface area contributed by atoms with Crippen molar-refractivity contribution in [1.29, 1.82) is 0 Å². The van der Waals surface area contributed by atoms with E-state index in [2.05, 4.69) is 4.98 Å². The lowest BCUT2D eigenvalue weighted by molar-refractivity contribution is -0.134. The van der Waals surface area contributed by atoms with Crippen molar-refractivity contribution in [2.24, 2.45) is 5.73 Å². The number of aryl methyl sites for hydroxylation is 1. The third-order valence-corrected chi connectivity index (χ3v) is 1.78. The van der Waals surface area contributed by atoms with E-state index in [0.717, 1.165) is 5.56 Å². The van der Waals surface area contributed by atoms with Crippen molar-refractivity contribution < 1.29 is 13.2 Å². The van der Waals surface area contributed by atoms with Gasteiger partial charge in [-0.05, 0) is 24.1 Å². The molecular formula is C9H11F3N2. The maximum absolute atomic E-state index is 11.9. The average molecular weight is 204 g/mol. The zero-order chi connectivity index (χ0) is 10.6. The number of alkyl halides is 3. The van der Waals surface area contributed by atoms with Crippen LogP contribution in [0.2, 0.25) is 0 Å². The number of aromatic nitrogens is 1. The summed E-state index contributed by atoms with van der Waals surface area (Å²) >= 11 is 0. The molecule has 1 rings (SSSR count). The molecule has 78 valence electrons. The molecule has 0 amide bonds. The molecule has 0 fully saturated rings. The van der Waals surface area contributed by atoms with Crippen LogP contribution in [0.5, 0.6) is 0 Å². The van der Waals surface area contributed by atoms with Gasteiger partial charge in [-0.2, -0.15) is 13.2 Å². The second kappa shape index (κ2) is 4.41. The molecule has 1 aromatic heterocycles. The molecule has 0 spiro atoms. The summed E-state index contributed by atoms with van der Waals surface area (Å²) in [4.78, 5) is 3.83. The first-order valence-corrected chi connectivity index (χ1v) is 4.22. The molecule has 5 heteroatoms. The molecule has 14 heavy (non-hydrogen) atoms. The Morgan fingerprint density at radius 2 is 2.07 bits per heavy atom. The van der Waals surface area contributed by atoms with Crippen molar-refractivity contribution in [3.8, 4) is 0 Å². The van der Waals surface area contributed by atoms with Crippen molar-refractivity contribution in [3.05, 3.63) is 29.6 Å². The molecule has 0 unspecified atom stereocenters. The van der Waals surface area contributed by atoms with Gasteiger partial charge in [0.2, 0.25) is 0 Å². The second-order valence-electron chi connectivity index (χ2n) is 2.97. The summed E-state index contributed by atoms with van der Waals surface area (Å²) < 4.78 is 35.6. The van der Waals surface area contributed by atoms with Gasteiger partial charge in [-0.3, -0.25) is 4.98 Å². The summed E-state index contributed by atoms with van der Waals surface area (Å²) in [6, 6.07) is 3.29. The van der Waals surface area contributed by atoms with Crippen LogP contribution in [0.15, 0.2) is 18.3 Å². The molecule has 1 heterocycles. The molecule has 2 N–H and O–H groups in total. The van der Waals surface area contributed by atoms with Gasteiger partial charge in [-0.15, -0.1) is 0 Å². The van der Waals surface area contributed by atoms with E-state index in [1.54, 1.807) is 12.1 Å². The van der Waals surface area contributed by atoms with E-state index < -0.39 is 12.6 Å². The van der Waals surface area contributed by atoms with Gasteiger partial charge in [0, 0.05) is 24.9 Å². The third-order valence-electron chi connectivity index (χ3n) is 1.78. The Bertz CT molecular complexity index is 296. The summed E-state index contributed by atoms with van der Waals surface area (Å²) in [6.07, 6.45) is -3.57. The van der Waals surface area contributed by atoms with E-state index in [4.69, 9.17) is 5.73 Å². The number of nitrogens with two attached hydrogens (primary N) is 1. The topological polar surface area (TPSA) is 38.9 Å². The molecule has 0 saturated heterocycles. The molecule has 0 aliphatic carbocycles. The van der Waals surface area contributed by atoms with Crippen LogP contribution in [-0.2, 0) is 13.0 Å². The van der Waals surface area contributed by atoms with Gasteiger partial charge in [0.05, 0.1) is 0 Å². The monoisotopic (exact) mass is 204 g/mol. The zero-order valence-electron chi connectivity index (χ0n) is 7.51. The van der Waals surface area contributed by atoms with Gasteiger partial charge in [0.25, 0.3) is 0 Å². The van der Waals surface area contributed by atoms with Crippen molar-refractivity contribution in [1.82, 2.24) is 4.98 Å². The van der Waals surface area contributed by atoms with E-state index >= 15 is 0 Å². The molecule has 0 atom stereocenters. The van der Waals surface area contributed by atoms with Crippen molar-refractivity contribution in [2.75, 3.05) is 0 Å². The molecule has 0 aliphatic heterocycles. The van der Waals surface area contributed by atoms with Crippen LogP contribution in [-0.4, -0.2) is 11.2 Å².